The van der Waals surface area contributed by atoms with E-state index in [1.54, 1.807) is 0 Å². The van der Waals surface area contributed by atoms with Gasteiger partial charge in [0.15, 0.2) is 12.6 Å². The van der Waals surface area contributed by atoms with Gasteiger partial charge in [-0.1, -0.05) is 129 Å². The second-order valence-corrected chi connectivity index (χ2v) is 23.5. The molecule has 0 aromatic heterocycles. The highest BCUT2D eigenvalue weighted by Crippen LogP contribution is 2.48. The number of phenols is 2. The third-order valence-corrected chi connectivity index (χ3v) is 16.9. The summed E-state index contributed by atoms with van der Waals surface area (Å²) in [5, 5.41) is 23.2. The first-order chi connectivity index (χ1) is 32.1. The van der Waals surface area contributed by atoms with Crippen molar-refractivity contribution < 1.29 is 48.2 Å². The predicted octanol–water partition coefficient (Wildman–Crippen LogP) is 13.1. The topological polar surface area (TPSA) is 130 Å². The van der Waals surface area contributed by atoms with Crippen LogP contribution < -0.4 is 0 Å². The summed E-state index contributed by atoms with van der Waals surface area (Å²) < 4.78 is 37.6. The molecule has 0 radical (unpaired) electrons. The van der Waals surface area contributed by atoms with Crippen LogP contribution in [0.25, 0.3) is 0 Å². The molecule has 8 rings (SSSR count). The summed E-state index contributed by atoms with van der Waals surface area (Å²) in [7, 11) is 0. The maximum atomic E-state index is 13.8. The molecule has 2 N–H and O–H groups in total. The van der Waals surface area contributed by atoms with Crippen LogP contribution in [0.3, 0.4) is 0 Å². The molecule has 0 amide bonds. The first-order valence-corrected chi connectivity index (χ1v) is 26.7. The van der Waals surface area contributed by atoms with Gasteiger partial charge in [-0.25, -0.2) is 0 Å². The van der Waals surface area contributed by atoms with Crippen LogP contribution in [0.5, 0.6) is 11.5 Å². The van der Waals surface area contributed by atoms with Crippen molar-refractivity contribution in [3.63, 3.8) is 0 Å². The molecule has 1 spiro atoms. The van der Waals surface area contributed by atoms with Crippen LogP contribution in [0.1, 0.15) is 239 Å². The van der Waals surface area contributed by atoms with Crippen molar-refractivity contribution in [3.8, 4) is 11.5 Å². The number of hydrogen-bond acceptors (Lipinski definition) is 10. The lowest BCUT2D eigenvalue weighted by Gasteiger charge is -2.48. The first kappa shape index (κ1) is 50.2. The van der Waals surface area contributed by atoms with Gasteiger partial charge in [-0.05, 0) is 122 Å². The van der Waals surface area contributed by atoms with E-state index >= 15 is 0 Å². The molecule has 2 aromatic rings. The van der Waals surface area contributed by atoms with Gasteiger partial charge in [0.2, 0.25) is 0 Å². The standard InChI is InChI=1S/C57H84O10/c1-37(43-27-45(39-19-11-7-12-20-39)49(58)46(28-43)40-21-13-8-14-22-40)51(60)62-31-55(3,4)53-64-33-57(34-65-53)35-66-54(67-36-57)56(5,6)32-63-52(61)38(2)44-29-47(41-23-15-9-16-24-41)50(59)48(30-44)42-25-17-10-18-26-42/h27-30,37-42,53-54,58-59H,7-26,31-36H2,1-6H3. The Balaban J connectivity index is 0.823. The van der Waals surface area contributed by atoms with Crippen LogP contribution in [0.4, 0.5) is 0 Å². The van der Waals surface area contributed by atoms with Gasteiger partial charge in [0.05, 0.1) is 43.7 Å². The molecule has 2 aliphatic heterocycles. The van der Waals surface area contributed by atoms with Gasteiger partial charge in [-0.15, -0.1) is 0 Å². The number of phenolic OH excluding ortho intramolecular Hbond substituents is 2. The maximum absolute atomic E-state index is 13.8. The molecule has 0 bridgehead atoms. The van der Waals surface area contributed by atoms with Crippen LogP contribution in [-0.2, 0) is 38.0 Å². The Kier molecular flexibility index (Phi) is 16.4. The zero-order valence-corrected chi connectivity index (χ0v) is 42.0. The second kappa shape index (κ2) is 21.9. The van der Waals surface area contributed by atoms with Crippen molar-refractivity contribution in [2.45, 2.75) is 218 Å². The first-order valence-electron chi connectivity index (χ1n) is 26.7. The lowest BCUT2D eigenvalue weighted by molar-refractivity contribution is -0.337. The summed E-state index contributed by atoms with van der Waals surface area (Å²) in [4.78, 5) is 27.6. The number of esters is 2. The van der Waals surface area contributed by atoms with E-state index in [1.165, 1.54) is 77.0 Å². The quantitative estimate of drug-likeness (QED) is 0.177. The number of carbonyl (C=O) groups excluding carboxylic acids is 2. The number of ether oxygens (including phenoxy) is 6. The van der Waals surface area contributed by atoms with Crippen LogP contribution in [0.15, 0.2) is 24.3 Å². The Labute approximate surface area is 401 Å². The lowest BCUT2D eigenvalue weighted by atomic mass is 9.77. The van der Waals surface area contributed by atoms with Gasteiger partial charge in [0.25, 0.3) is 0 Å². The molecule has 4 aliphatic carbocycles. The molecule has 2 aromatic carbocycles. The van der Waals surface area contributed by atoms with Gasteiger partial charge in [0, 0.05) is 10.8 Å². The molecule has 10 nitrogen and oxygen atoms in total. The Morgan fingerprint density at radius 3 is 1.01 bits per heavy atom. The lowest BCUT2D eigenvalue weighted by Crippen LogP contribution is -2.57. The van der Waals surface area contributed by atoms with Gasteiger partial charge >= 0.3 is 11.9 Å². The van der Waals surface area contributed by atoms with Crippen molar-refractivity contribution in [1.82, 2.24) is 0 Å². The highest BCUT2D eigenvalue weighted by molar-refractivity contribution is 5.79. The summed E-state index contributed by atoms with van der Waals surface area (Å²) in [5.41, 5.74) is 4.20. The molecule has 6 fully saturated rings. The molecule has 2 saturated heterocycles. The Morgan fingerprint density at radius 2 is 0.761 bits per heavy atom. The SMILES string of the molecule is CC(C(=O)OCC(C)(C)C1OCC2(CO1)COC(C(C)(C)COC(=O)C(C)c1cc(C3CCCCC3)c(O)c(C3CCCCC3)c1)OC2)c1cc(C2CCCCC2)c(O)c(C2CCCCC2)c1. The number of carbonyl (C=O) groups is 2. The van der Waals surface area contributed by atoms with Gasteiger partial charge < -0.3 is 38.6 Å². The minimum Gasteiger partial charge on any atom is -0.507 e. The molecular formula is C57H84O10. The molecule has 67 heavy (non-hydrogen) atoms. The average molecular weight is 929 g/mol. The van der Waals surface area contributed by atoms with E-state index in [9.17, 15) is 19.8 Å². The smallest absolute Gasteiger partial charge is 0.313 e. The largest absolute Gasteiger partial charge is 0.507 e. The predicted molar refractivity (Wildman–Crippen MR) is 260 cm³/mol. The highest BCUT2D eigenvalue weighted by Gasteiger charge is 2.48. The third kappa shape index (κ3) is 11.7. The van der Waals surface area contributed by atoms with E-state index in [4.69, 9.17) is 28.4 Å². The summed E-state index contributed by atoms with van der Waals surface area (Å²) in [6, 6.07) is 8.36. The number of benzene rings is 2. The summed E-state index contributed by atoms with van der Waals surface area (Å²) in [6.45, 7) is 13.6. The number of rotatable bonds is 14. The van der Waals surface area contributed by atoms with Crippen molar-refractivity contribution in [2.75, 3.05) is 39.6 Å². The third-order valence-electron chi connectivity index (χ3n) is 16.9. The number of hydrogen-bond donors (Lipinski definition) is 2. The fourth-order valence-corrected chi connectivity index (χ4v) is 12.2. The van der Waals surface area contributed by atoms with E-state index < -0.39 is 40.7 Å². The number of aromatic hydroxyl groups is 2. The molecule has 2 unspecified atom stereocenters. The van der Waals surface area contributed by atoms with Crippen LogP contribution >= 0.6 is 0 Å². The van der Waals surface area contributed by atoms with Gasteiger partial charge in [0.1, 0.15) is 24.7 Å². The van der Waals surface area contributed by atoms with E-state index in [0.717, 1.165) is 84.7 Å². The Morgan fingerprint density at radius 1 is 0.507 bits per heavy atom. The minimum atomic E-state index is -0.622. The zero-order valence-electron chi connectivity index (χ0n) is 42.0. The molecule has 372 valence electrons. The van der Waals surface area contributed by atoms with E-state index in [2.05, 4.69) is 24.3 Å². The maximum Gasteiger partial charge on any atom is 0.313 e. The molecule has 2 heterocycles. The zero-order chi connectivity index (χ0) is 47.3. The summed E-state index contributed by atoms with van der Waals surface area (Å²) >= 11 is 0. The summed E-state index contributed by atoms with van der Waals surface area (Å²) in [6.07, 6.45) is 21.8. The van der Waals surface area contributed by atoms with E-state index in [-0.39, 0.29) is 25.2 Å². The Hall–Kier alpha value is -3.18. The van der Waals surface area contributed by atoms with Crippen molar-refractivity contribution in [2.24, 2.45) is 16.2 Å². The molecule has 10 heteroatoms. The highest BCUT2D eigenvalue weighted by atomic mass is 16.7. The van der Waals surface area contributed by atoms with Crippen molar-refractivity contribution in [1.29, 1.82) is 0 Å². The fourth-order valence-electron chi connectivity index (χ4n) is 12.2. The second-order valence-electron chi connectivity index (χ2n) is 23.5. The van der Waals surface area contributed by atoms with E-state index in [0.29, 0.717) is 61.6 Å². The van der Waals surface area contributed by atoms with Gasteiger partial charge in [-0.3, -0.25) is 9.59 Å². The van der Waals surface area contributed by atoms with Crippen LogP contribution in [-0.4, -0.2) is 74.4 Å². The van der Waals surface area contributed by atoms with Gasteiger partial charge in [-0.2, -0.15) is 0 Å². The molecule has 4 saturated carbocycles. The molecule has 6 aliphatic rings. The molecular weight excluding hydrogens is 845 g/mol. The van der Waals surface area contributed by atoms with Crippen LogP contribution in [0.2, 0.25) is 0 Å². The van der Waals surface area contributed by atoms with Crippen molar-refractivity contribution >= 4 is 11.9 Å². The fraction of sp³-hybridized carbons (Fsp3) is 0.754. The monoisotopic (exact) mass is 929 g/mol. The van der Waals surface area contributed by atoms with E-state index in [1.807, 2.05) is 41.5 Å². The van der Waals surface area contributed by atoms with Crippen LogP contribution in [0, 0.1) is 16.2 Å². The van der Waals surface area contributed by atoms with Crippen molar-refractivity contribution in [3.05, 3.63) is 57.6 Å². The molecule has 2 atom stereocenters. The average Bonchev–Trinajstić information content (AvgIpc) is 3.36. The normalized spacial score (nSPS) is 26.5. The Bertz CT molecular complexity index is 1740. The minimum absolute atomic E-state index is 0.133. The summed E-state index contributed by atoms with van der Waals surface area (Å²) in [5.74, 6) is 0.716.